The third-order valence-corrected chi connectivity index (χ3v) is 4.57. The number of piperidine rings is 1. The van der Waals surface area contributed by atoms with Crippen LogP contribution in [-0.4, -0.2) is 36.6 Å². The van der Waals surface area contributed by atoms with Gasteiger partial charge in [0.05, 0.1) is 0 Å². The van der Waals surface area contributed by atoms with Crippen LogP contribution in [0, 0.1) is 11.8 Å². The lowest BCUT2D eigenvalue weighted by Crippen LogP contribution is -2.48. The van der Waals surface area contributed by atoms with Crippen LogP contribution in [0.1, 0.15) is 46.5 Å². The minimum atomic E-state index is 0.774. The lowest BCUT2D eigenvalue weighted by molar-refractivity contribution is 0.0922. The van der Waals surface area contributed by atoms with Crippen molar-refractivity contribution in [3.8, 4) is 0 Å². The second-order valence-corrected chi connectivity index (χ2v) is 5.98. The maximum absolute atomic E-state index is 3.69. The Labute approximate surface area is 101 Å². The van der Waals surface area contributed by atoms with E-state index in [0.29, 0.717) is 0 Å². The Morgan fingerprint density at radius 2 is 1.94 bits per heavy atom. The van der Waals surface area contributed by atoms with Crippen molar-refractivity contribution < 1.29 is 0 Å². The number of hydrogen-bond donors (Lipinski definition) is 1. The van der Waals surface area contributed by atoms with E-state index in [9.17, 15) is 0 Å². The van der Waals surface area contributed by atoms with Crippen molar-refractivity contribution in [1.82, 2.24) is 10.2 Å². The minimum Gasteiger partial charge on any atom is -0.312 e. The molecule has 1 heterocycles. The smallest absolute Gasteiger partial charge is 0.0218 e. The van der Waals surface area contributed by atoms with Crippen LogP contribution in [0.3, 0.4) is 0 Å². The van der Waals surface area contributed by atoms with Crippen molar-refractivity contribution in [2.24, 2.45) is 11.8 Å². The van der Waals surface area contributed by atoms with E-state index in [1.807, 2.05) is 0 Å². The Hall–Kier alpha value is -0.0800. The fourth-order valence-electron chi connectivity index (χ4n) is 2.75. The minimum absolute atomic E-state index is 0.774. The van der Waals surface area contributed by atoms with E-state index < -0.39 is 0 Å². The summed E-state index contributed by atoms with van der Waals surface area (Å²) in [4.78, 5) is 2.72. The van der Waals surface area contributed by atoms with E-state index in [4.69, 9.17) is 0 Å². The van der Waals surface area contributed by atoms with Crippen LogP contribution in [0.15, 0.2) is 0 Å². The predicted molar refractivity (Wildman–Crippen MR) is 69.6 cm³/mol. The number of nitrogens with one attached hydrogen (secondary N) is 1. The Bertz CT molecular complexity index is 213. The van der Waals surface area contributed by atoms with E-state index in [-0.39, 0.29) is 0 Å². The third kappa shape index (κ3) is 3.21. The molecule has 1 N–H and O–H groups in total. The van der Waals surface area contributed by atoms with Crippen molar-refractivity contribution in [3.05, 3.63) is 0 Å². The van der Waals surface area contributed by atoms with Gasteiger partial charge in [-0.05, 0) is 44.1 Å². The topological polar surface area (TPSA) is 15.3 Å². The summed E-state index contributed by atoms with van der Waals surface area (Å²) < 4.78 is 0. The van der Waals surface area contributed by atoms with Gasteiger partial charge in [0, 0.05) is 25.2 Å². The van der Waals surface area contributed by atoms with Crippen molar-refractivity contribution in [2.45, 2.75) is 58.5 Å². The molecular formula is C14H28N2. The summed E-state index contributed by atoms with van der Waals surface area (Å²) in [6.07, 6.45) is 5.50. The lowest BCUT2D eigenvalue weighted by Gasteiger charge is -2.40. The second kappa shape index (κ2) is 5.50. The van der Waals surface area contributed by atoms with E-state index in [0.717, 1.165) is 23.9 Å². The second-order valence-electron chi connectivity index (χ2n) is 5.98. The molecule has 3 unspecified atom stereocenters. The molecule has 1 saturated carbocycles. The highest BCUT2D eigenvalue weighted by Crippen LogP contribution is 2.25. The van der Waals surface area contributed by atoms with Gasteiger partial charge in [-0.2, -0.15) is 0 Å². The van der Waals surface area contributed by atoms with Crippen LogP contribution in [0.25, 0.3) is 0 Å². The average molecular weight is 224 g/mol. The van der Waals surface area contributed by atoms with Crippen molar-refractivity contribution >= 4 is 0 Å². The zero-order valence-corrected chi connectivity index (χ0v) is 11.2. The number of nitrogens with zero attached hydrogens (tertiary/aromatic N) is 1. The summed E-state index contributed by atoms with van der Waals surface area (Å²) in [7, 11) is 0. The number of likely N-dealkylation sites (tertiary alicyclic amines) is 1. The molecule has 94 valence electrons. The molecule has 1 aliphatic carbocycles. The van der Waals surface area contributed by atoms with E-state index in [2.05, 4.69) is 31.0 Å². The zero-order chi connectivity index (χ0) is 11.5. The molecule has 0 aromatic carbocycles. The normalized spacial score (nSPS) is 33.9. The van der Waals surface area contributed by atoms with Gasteiger partial charge in [-0.15, -0.1) is 0 Å². The number of hydrogen-bond acceptors (Lipinski definition) is 2. The van der Waals surface area contributed by atoms with Crippen LogP contribution in [-0.2, 0) is 0 Å². The zero-order valence-electron chi connectivity index (χ0n) is 11.2. The maximum atomic E-state index is 3.69. The molecule has 1 saturated heterocycles. The maximum Gasteiger partial charge on any atom is 0.0218 e. The molecule has 0 bridgehead atoms. The highest BCUT2D eigenvalue weighted by atomic mass is 15.2. The molecule has 2 nitrogen and oxygen atoms in total. The Balaban J connectivity index is 1.78. The number of rotatable bonds is 5. The average Bonchev–Trinajstić information content (AvgIpc) is 3.08. The molecule has 2 rings (SSSR count). The standard InChI is InChI=1S/C14H28N2/c1-4-14(9-15-13-5-6-13)16-8-7-11(2)12(3)10-16/h11-15H,4-10H2,1-3H3. The summed E-state index contributed by atoms with van der Waals surface area (Å²) >= 11 is 0. The first-order valence-corrected chi connectivity index (χ1v) is 7.18. The third-order valence-electron chi connectivity index (χ3n) is 4.57. The molecule has 16 heavy (non-hydrogen) atoms. The van der Waals surface area contributed by atoms with E-state index in [1.165, 1.54) is 45.3 Å². The summed E-state index contributed by atoms with van der Waals surface area (Å²) in [6, 6.07) is 1.63. The molecule has 0 radical (unpaired) electrons. The summed E-state index contributed by atoms with van der Waals surface area (Å²) in [5.74, 6) is 1.80. The van der Waals surface area contributed by atoms with Gasteiger partial charge in [0.1, 0.15) is 0 Å². The first-order chi connectivity index (χ1) is 7.70. The van der Waals surface area contributed by atoms with Gasteiger partial charge in [-0.3, -0.25) is 4.90 Å². The van der Waals surface area contributed by atoms with Crippen LogP contribution in [0.4, 0.5) is 0 Å². The first kappa shape index (κ1) is 12.4. The van der Waals surface area contributed by atoms with Gasteiger partial charge in [0.2, 0.25) is 0 Å². The van der Waals surface area contributed by atoms with E-state index in [1.54, 1.807) is 0 Å². The van der Waals surface area contributed by atoms with Crippen LogP contribution in [0.5, 0.6) is 0 Å². The predicted octanol–water partition coefficient (Wildman–Crippen LogP) is 2.49. The van der Waals surface area contributed by atoms with Gasteiger partial charge in [-0.25, -0.2) is 0 Å². The van der Waals surface area contributed by atoms with Gasteiger partial charge in [-0.1, -0.05) is 20.8 Å². The van der Waals surface area contributed by atoms with Crippen LogP contribution in [0.2, 0.25) is 0 Å². The van der Waals surface area contributed by atoms with Gasteiger partial charge < -0.3 is 5.32 Å². The lowest BCUT2D eigenvalue weighted by atomic mass is 9.87. The molecule has 0 amide bonds. The Morgan fingerprint density at radius 1 is 1.19 bits per heavy atom. The molecule has 0 aromatic heterocycles. The summed E-state index contributed by atoms with van der Waals surface area (Å²) in [5, 5.41) is 3.69. The summed E-state index contributed by atoms with van der Waals surface area (Å²) in [5.41, 5.74) is 0. The molecule has 2 heteroatoms. The first-order valence-electron chi connectivity index (χ1n) is 7.18. The Morgan fingerprint density at radius 3 is 2.50 bits per heavy atom. The Kier molecular flexibility index (Phi) is 4.26. The van der Waals surface area contributed by atoms with E-state index >= 15 is 0 Å². The largest absolute Gasteiger partial charge is 0.312 e. The SMILES string of the molecule is CCC(CNC1CC1)N1CCC(C)C(C)C1. The quantitative estimate of drug-likeness (QED) is 0.772. The van der Waals surface area contributed by atoms with Crippen LogP contribution < -0.4 is 5.32 Å². The highest BCUT2D eigenvalue weighted by molar-refractivity contribution is 4.86. The van der Waals surface area contributed by atoms with Gasteiger partial charge >= 0.3 is 0 Å². The molecular weight excluding hydrogens is 196 g/mol. The fourth-order valence-corrected chi connectivity index (χ4v) is 2.75. The van der Waals surface area contributed by atoms with Crippen molar-refractivity contribution in [3.63, 3.8) is 0 Å². The monoisotopic (exact) mass is 224 g/mol. The molecule has 2 fully saturated rings. The molecule has 0 aromatic rings. The van der Waals surface area contributed by atoms with Crippen molar-refractivity contribution in [1.29, 1.82) is 0 Å². The summed E-state index contributed by atoms with van der Waals surface area (Å²) in [6.45, 7) is 11.0. The van der Waals surface area contributed by atoms with Crippen LogP contribution >= 0.6 is 0 Å². The molecule has 2 aliphatic rings. The fraction of sp³-hybridized carbons (Fsp3) is 1.00. The molecule has 0 spiro atoms. The molecule has 1 aliphatic heterocycles. The van der Waals surface area contributed by atoms with Gasteiger partial charge in [0.25, 0.3) is 0 Å². The van der Waals surface area contributed by atoms with Crippen molar-refractivity contribution in [2.75, 3.05) is 19.6 Å². The van der Waals surface area contributed by atoms with Gasteiger partial charge in [0.15, 0.2) is 0 Å². The highest BCUT2D eigenvalue weighted by Gasteiger charge is 2.28. The molecule has 3 atom stereocenters.